The van der Waals surface area contributed by atoms with Gasteiger partial charge in [-0.25, -0.2) is 0 Å². The summed E-state index contributed by atoms with van der Waals surface area (Å²) in [7, 11) is 0. The van der Waals surface area contributed by atoms with Crippen molar-refractivity contribution in [3.8, 4) is 0 Å². The first-order valence-electron chi connectivity index (χ1n) is 8.39. The molecule has 2 unspecified atom stereocenters. The van der Waals surface area contributed by atoms with Crippen LogP contribution in [0.15, 0.2) is 0 Å². The van der Waals surface area contributed by atoms with Crippen LogP contribution in [0.3, 0.4) is 0 Å². The average Bonchev–Trinajstić information content (AvgIpc) is 2.58. The van der Waals surface area contributed by atoms with Gasteiger partial charge in [-0.3, -0.25) is 4.79 Å². The van der Waals surface area contributed by atoms with Gasteiger partial charge in [0.15, 0.2) is 12.1 Å². The molecule has 1 aliphatic heterocycles. The molecular weight excluding hydrogens is 336 g/mol. The predicted molar refractivity (Wildman–Crippen MR) is 85.5 cm³/mol. The third kappa shape index (κ3) is 5.93. The van der Waals surface area contributed by atoms with E-state index < -0.39 is 48.8 Å². The van der Waals surface area contributed by atoms with Gasteiger partial charge in [-0.1, -0.05) is 13.8 Å². The van der Waals surface area contributed by atoms with Crippen LogP contribution in [0, 0.1) is 5.41 Å². The van der Waals surface area contributed by atoms with Crippen molar-refractivity contribution < 1.29 is 44.9 Å². The Bertz CT molecular complexity index is 412. The van der Waals surface area contributed by atoms with Gasteiger partial charge >= 0.3 is 0 Å². The molecule has 9 nitrogen and oxygen atoms in total. The molecule has 9 heteroatoms. The summed E-state index contributed by atoms with van der Waals surface area (Å²) in [5.74, 6) is -0.379. The van der Waals surface area contributed by atoms with Crippen molar-refractivity contribution in [1.29, 1.82) is 0 Å². The maximum atomic E-state index is 12.0. The Morgan fingerprint density at radius 2 is 1.76 bits per heavy atom. The summed E-state index contributed by atoms with van der Waals surface area (Å²) in [6.45, 7) is 2.45. The van der Waals surface area contributed by atoms with E-state index in [0.29, 0.717) is 12.8 Å². The highest BCUT2D eigenvalue weighted by molar-refractivity contribution is 5.83. The Morgan fingerprint density at radius 3 is 2.32 bits per heavy atom. The van der Waals surface area contributed by atoms with Crippen LogP contribution in [0.4, 0.5) is 0 Å². The molecule has 0 aliphatic carbocycles. The molecule has 6 atom stereocenters. The van der Waals surface area contributed by atoms with Gasteiger partial charge in [0.05, 0.1) is 13.2 Å². The van der Waals surface area contributed by atoms with Crippen molar-refractivity contribution in [3.63, 3.8) is 0 Å². The first-order valence-corrected chi connectivity index (χ1v) is 8.39. The van der Waals surface area contributed by atoms with E-state index in [-0.39, 0.29) is 25.4 Å². The minimum absolute atomic E-state index is 0.0208. The van der Waals surface area contributed by atoms with Crippen LogP contribution in [0.2, 0.25) is 0 Å². The minimum Gasteiger partial charge on any atom is -0.396 e. The quantitative estimate of drug-likeness (QED) is 0.239. The van der Waals surface area contributed by atoms with E-state index >= 15 is 0 Å². The number of carbonyl (C=O) groups is 1. The van der Waals surface area contributed by atoms with E-state index in [1.807, 2.05) is 0 Å². The molecule has 1 heterocycles. The Morgan fingerprint density at radius 1 is 1.12 bits per heavy atom. The number of ketones is 1. The number of aliphatic hydroxyl groups excluding tert-OH is 6. The van der Waals surface area contributed by atoms with Crippen molar-refractivity contribution >= 4 is 5.78 Å². The Kier molecular flexibility index (Phi) is 8.85. The van der Waals surface area contributed by atoms with Gasteiger partial charge in [0.25, 0.3) is 0 Å². The van der Waals surface area contributed by atoms with Gasteiger partial charge in [0.1, 0.15) is 30.5 Å². The van der Waals surface area contributed by atoms with Crippen LogP contribution in [-0.2, 0) is 14.3 Å². The van der Waals surface area contributed by atoms with E-state index in [2.05, 4.69) is 0 Å². The van der Waals surface area contributed by atoms with Crippen LogP contribution in [-0.4, -0.2) is 93.1 Å². The molecule has 0 radical (unpaired) electrons. The predicted octanol–water partition coefficient (Wildman–Crippen LogP) is -2.08. The molecular formula is C16H30O9. The number of aliphatic hydroxyl groups is 6. The largest absolute Gasteiger partial charge is 0.396 e. The van der Waals surface area contributed by atoms with Crippen molar-refractivity contribution in [2.75, 3.05) is 19.8 Å². The molecule has 1 rings (SSSR count). The van der Waals surface area contributed by atoms with Crippen molar-refractivity contribution in [2.45, 2.75) is 69.9 Å². The lowest BCUT2D eigenvalue weighted by molar-refractivity contribution is -0.306. The van der Waals surface area contributed by atoms with Crippen molar-refractivity contribution in [3.05, 3.63) is 0 Å². The molecule has 0 spiro atoms. The zero-order valence-corrected chi connectivity index (χ0v) is 14.6. The van der Waals surface area contributed by atoms with Crippen LogP contribution >= 0.6 is 0 Å². The smallest absolute Gasteiger partial charge is 0.186 e. The second-order valence-electron chi connectivity index (χ2n) is 7.05. The molecule has 6 N–H and O–H groups in total. The third-order valence-electron chi connectivity index (χ3n) is 4.34. The maximum absolute atomic E-state index is 12.0. The minimum atomic E-state index is -1.55. The molecule has 1 aliphatic rings. The molecule has 1 fully saturated rings. The first kappa shape index (κ1) is 22.4. The number of carbonyl (C=O) groups excluding carboxylic acids is 1. The second kappa shape index (κ2) is 9.89. The van der Waals surface area contributed by atoms with Crippen LogP contribution < -0.4 is 0 Å². The third-order valence-corrected chi connectivity index (χ3v) is 4.34. The number of hydrogen-bond donors (Lipinski definition) is 6. The molecule has 0 bridgehead atoms. The summed E-state index contributed by atoms with van der Waals surface area (Å²) >= 11 is 0. The number of ether oxygens (including phenoxy) is 2. The summed E-state index contributed by atoms with van der Waals surface area (Å²) in [4.78, 5) is 12.0. The van der Waals surface area contributed by atoms with Crippen LogP contribution in [0.25, 0.3) is 0 Å². The number of unbranched alkanes of at least 4 members (excludes halogenated alkanes) is 1. The zero-order chi connectivity index (χ0) is 19.2. The fourth-order valence-electron chi connectivity index (χ4n) is 2.56. The summed E-state index contributed by atoms with van der Waals surface area (Å²) in [5.41, 5.74) is -0.991. The molecule has 0 aromatic carbocycles. The van der Waals surface area contributed by atoms with Gasteiger partial charge in [-0.2, -0.15) is 0 Å². The lowest BCUT2D eigenvalue weighted by Crippen LogP contribution is -2.59. The van der Waals surface area contributed by atoms with Crippen LogP contribution in [0.1, 0.15) is 33.1 Å². The lowest BCUT2D eigenvalue weighted by atomic mass is 9.84. The van der Waals surface area contributed by atoms with E-state index in [1.165, 1.54) is 0 Å². The van der Waals surface area contributed by atoms with Crippen molar-refractivity contribution in [2.24, 2.45) is 5.41 Å². The molecule has 1 saturated heterocycles. The van der Waals surface area contributed by atoms with Gasteiger partial charge in [-0.15, -0.1) is 0 Å². The summed E-state index contributed by atoms with van der Waals surface area (Å²) in [5, 5.41) is 57.4. The highest BCUT2D eigenvalue weighted by atomic mass is 16.7. The van der Waals surface area contributed by atoms with Crippen molar-refractivity contribution in [1.82, 2.24) is 0 Å². The fraction of sp³-hybridized carbons (Fsp3) is 0.938. The Hall–Kier alpha value is -0.650. The van der Waals surface area contributed by atoms with Gasteiger partial charge in [0, 0.05) is 18.4 Å². The summed E-state index contributed by atoms with van der Waals surface area (Å²) < 4.78 is 10.6. The monoisotopic (exact) mass is 366 g/mol. The molecule has 0 amide bonds. The molecule has 148 valence electrons. The highest BCUT2D eigenvalue weighted by Gasteiger charge is 2.45. The van der Waals surface area contributed by atoms with E-state index in [1.54, 1.807) is 13.8 Å². The number of Topliss-reactive ketones (excluding diaryl/α,β-unsaturated/α-hetero) is 1. The Balaban J connectivity index is 2.60. The van der Waals surface area contributed by atoms with Gasteiger partial charge < -0.3 is 40.1 Å². The zero-order valence-electron chi connectivity index (χ0n) is 14.6. The molecule has 0 aromatic rings. The number of rotatable bonds is 10. The average molecular weight is 366 g/mol. The number of hydrogen-bond acceptors (Lipinski definition) is 9. The van der Waals surface area contributed by atoms with Gasteiger partial charge in [-0.05, 0) is 12.8 Å². The topological polar surface area (TPSA) is 157 Å². The lowest BCUT2D eigenvalue weighted by Gasteiger charge is -2.41. The first-order chi connectivity index (χ1) is 11.7. The maximum Gasteiger partial charge on any atom is 0.186 e. The SMILES string of the molecule is CC(C)(CO[C@@H]1OC(CO)[C@@H](O)[C@H](O)C1O)[C@@H](O)C(=O)CCCCO. The fourth-order valence-corrected chi connectivity index (χ4v) is 2.56. The molecule has 0 saturated carbocycles. The van der Waals surface area contributed by atoms with E-state index in [9.17, 15) is 25.2 Å². The van der Waals surface area contributed by atoms with E-state index in [0.717, 1.165) is 0 Å². The molecule has 25 heavy (non-hydrogen) atoms. The Labute approximate surface area is 146 Å². The normalized spacial score (nSPS) is 31.8. The summed E-state index contributed by atoms with van der Waals surface area (Å²) in [6, 6.07) is 0. The second-order valence-corrected chi connectivity index (χ2v) is 7.05. The highest BCUT2D eigenvalue weighted by Crippen LogP contribution is 2.27. The summed E-state index contributed by atoms with van der Waals surface area (Å²) in [6.07, 6.45) is -7.21. The van der Waals surface area contributed by atoms with E-state index in [4.69, 9.17) is 19.7 Å². The van der Waals surface area contributed by atoms with Crippen LogP contribution in [0.5, 0.6) is 0 Å². The molecule has 0 aromatic heterocycles. The van der Waals surface area contributed by atoms with Gasteiger partial charge in [0.2, 0.25) is 0 Å². The standard InChI is InChI=1S/C16H30O9/c1-16(2,14(23)9(19)5-3-4-6-17)8-24-15-13(22)12(21)11(20)10(7-18)25-15/h10-15,17-18,20-23H,3-8H2,1-2H3/t10?,11-,12+,13?,14+,15-/m1/s1.